The molecule has 8 nitrogen and oxygen atoms in total. The third-order valence-electron chi connectivity index (χ3n) is 6.77. The van der Waals surface area contributed by atoms with Crippen molar-refractivity contribution in [2.45, 2.75) is 31.9 Å². The van der Waals surface area contributed by atoms with Gasteiger partial charge in [0.1, 0.15) is 5.75 Å². The molecule has 39 heavy (non-hydrogen) atoms. The lowest BCUT2D eigenvalue weighted by Crippen LogP contribution is -2.49. The zero-order chi connectivity index (χ0) is 27.5. The minimum Gasteiger partial charge on any atom is -0.495 e. The van der Waals surface area contributed by atoms with E-state index in [1.54, 1.807) is 13.4 Å². The van der Waals surface area contributed by atoms with Gasteiger partial charge >= 0.3 is 0 Å². The molecule has 0 amide bonds. The number of aryl methyl sites for hydroxylation is 1. The molecule has 1 N–H and O–H groups in total. The number of ether oxygens (including phenoxy) is 2. The number of amidine groups is 1. The number of hydrogen-bond donors (Lipinski definition) is 1. The van der Waals surface area contributed by atoms with Gasteiger partial charge in [-0.3, -0.25) is 0 Å². The van der Waals surface area contributed by atoms with Gasteiger partial charge in [0.25, 0.3) is 0 Å². The molecule has 3 heterocycles. The maximum atomic E-state index is 14.2. The number of aromatic nitrogens is 2. The summed E-state index contributed by atoms with van der Waals surface area (Å²) in [6, 6.07) is 7.08. The summed E-state index contributed by atoms with van der Waals surface area (Å²) >= 11 is 0. The maximum absolute atomic E-state index is 14.2. The van der Waals surface area contributed by atoms with Crippen molar-refractivity contribution < 1.29 is 32.6 Å². The van der Waals surface area contributed by atoms with E-state index in [0.717, 1.165) is 41.1 Å². The summed E-state index contributed by atoms with van der Waals surface area (Å²) in [5.74, 6) is -2.90. The summed E-state index contributed by atoms with van der Waals surface area (Å²) in [5, 5.41) is 13.5. The molecule has 0 spiro atoms. The number of fused-ring (bicyclic) bond motifs is 1. The average molecular weight is 543 g/mol. The summed E-state index contributed by atoms with van der Waals surface area (Å²) in [6.45, 7) is 2.35. The van der Waals surface area contributed by atoms with Crippen molar-refractivity contribution in [3.63, 3.8) is 0 Å². The van der Waals surface area contributed by atoms with Crippen LogP contribution >= 0.6 is 0 Å². The van der Waals surface area contributed by atoms with Crippen molar-refractivity contribution in [3.05, 3.63) is 82.7 Å². The van der Waals surface area contributed by atoms with Gasteiger partial charge in [-0.1, -0.05) is 11.2 Å². The highest BCUT2D eigenvalue weighted by Crippen LogP contribution is 2.37. The summed E-state index contributed by atoms with van der Waals surface area (Å²) in [4.78, 5) is 12.0. The van der Waals surface area contributed by atoms with Crippen molar-refractivity contribution >= 4 is 11.9 Å². The van der Waals surface area contributed by atoms with Crippen LogP contribution in [0.15, 0.2) is 53.6 Å². The van der Waals surface area contributed by atoms with E-state index < -0.39 is 29.6 Å². The van der Waals surface area contributed by atoms with Gasteiger partial charge in [0.05, 0.1) is 50.7 Å². The molecule has 0 bridgehead atoms. The van der Waals surface area contributed by atoms with Crippen LogP contribution in [0.5, 0.6) is 5.75 Å². The van der Waals surface area contributed by atoms with Crippen LogP contribution in [0.3, 0.4) is 0 Å². The van der Waals surface area contributed by atoms with Crippen molar-refractivity contribution in [1.82, 2.24) is 14.5 Å². The predicted molar refractivity (Wildman–Crippen MR) is 138 cm³/mol. The number of benzene rings is 2. The van der Waals surface area contributed by atoms with E-state index in [0.29, 0.717) is 24.6 Å². The second kappa shape index (κ2) is 11.5. The predicted octanol–water partition coefficient (Wildman–Crippen LogP) is 4.55. The van der Waals surface area contributed by atoms with E-state index >= 15 is 0 Å². The second-order valence-corrected chi connectivity index (χ2v) is 9.42. The van der Waals surface area contributed by atoms with Crippen LogP contribution in [0.2, 0.25) is 0 Å². The molecule has 206 valence electrons. The molecule has 1 fully saturated rings. The van der Waals surface area contributed by atoms with Gasteiger partial charge in [-0.05, 0) is 66.8 Å². The van der Waals surface area contributed by atoms with Crippen LogP contribution in [0, 0.1) is 24.4 Å². The number of aliphatic hydroxyl groups is 1. The number of halogens is 3. The average Bonchev–Trinajstić information content (AvgIpc) is 3.37. The molecule has 3 aromatic rings. The lowest BCUT2D eigenvalue weighted by molar-refractivity contribution is -0.0718. The van der Waals surface area contributed by atoms with Gasteiger partial charge in [-0.15, -0.1) is 0 Å². The number of rotatable bonds is 8. The normalized spacial score (nSPS) is 20.0. The molecule has 0 radical (unpaired) electrons. The Morgan fingerprint density at radius 3 is 2.67 bits per heavy atom. The van der Waals surface area contributed by atoms with E-state index in [1.165, 1.54) is 0 Å². The number of piperidine rings is 1. The van der Waals surface area contributed by atoms with Crippen molar-refractivity contribution in [2.24, 2.45) is 5.16 Å². The van der Waals surface area contributed by atoms with E-state index in [4.69, 9.17) is 19.4 Å². The Kier molecular flexibility index (Phi) is 7.89. The number of hydrogen-bond acceptors (Lipinski definition) is 7. The number of oxime groups is 1. The van der Waals surface area contributed by atoms with E-state index in [2.05, 4.69) is 10.1 Å². The van der Waals surface area contributed by atoms with Gasteiger partial charge in [0.15, 0.2) is 29.4 Å². The summed E-state index contributed by atoms with van der Waals surface area (Å²) in [7, 11) is 1.60. The minimum absolute atomic E-state index is 0.0184. The molecule has 11 heteroatoms. The first-order valence-corrected chi connectivity index (χ1v) is 12.6. The molecule has 2 aliphatic heterocycles. The van der Waals surface area contributed by atoms with E-state index in [1.807, 2.05) is 46.9 Å². The Hall–Kier alpha value is -3.83. The summed E-state index contributed by atoms with van der Waals surface area (Å²) in [5.41, 5.74) is 3.68. The molecule has 1 aromatic heterocycles. The Labute approximate surface area is 223 Å². The van der Waals surface area contributed by atoms with Crippen LogP contribution < -0.4 is 4.74 Å². The highest BCUT2D eigenvalue weighted by atomic mass is 19.2. The molecule has 0 saturated carbocycles. The first kappa shape index (κ1) is 26.8. The van der Waals surface area contributed by atoms with Crippen LogP contribution in [0.4, 0.5) is 13.2 Å². The topological polar surface area (TPSA) is 81.3 Å². The maximum Gasteiger partial charge on any atom is 0.194 e. The van der Waals surface area contributed by atoms with Crippen LogP contribution in [-0.4, -0.2) is 65.0 Å². The molecule has 2 atom stereocenters. The first-order chi connectivity index (χ1) is 18.9. The van der Waals surface area contributed by atoms with Crippen molar-refractivity contribution in [3.8, 4) is 11.4 Å². The van der Waals surface area contributed by atoms with Crippen LogP contribution in [0.1, 0.15) is 35.7 Å². The molecule has 2 aromatic carbocycles. The summed E-state index contributed by atoms with van der Waals surface area (Å²) in [6.07, 6.45) is 6.33. The smallest absolute Gasteiger partial charge is 0.194 e. The SMILES string of the molecule is COc1cc(/C=C2\CCCN3C2=NOC(COCCO)[C@@H]3c2cc(F)c(F)c(F)c2)ccc1-n1cnc(C)c1. The zero-order valence-corrected chi connectivity index (χ0v) is 21.6. The number of aliphatic hydroxyl groups excluding tert-OH is 1. The summed E-state index contributed by atoms with van der Waals surface area (Å²) < 4.78 is 55.3. The third-order valence-corrected chi connectivity index (χ3v) is 6.77. The van der Waals surface area contributed by atoms with Crippen molar-refractivity contribution in [2.75, 3.05) is 33.5 Å². The Balaban J connectivity index is 1.49. The van der Waals surface area contributed by atoms with Gasteiger partial charge < -0.3 is 28.9 Å². The molecule has 1 unspecified atom stereocenters. The fourth-order valence-corrected chi connectivity index (χ4v) is 5.01. The quantitative estimate of drug-likeness (QED) is 0.332. The largest absolute Gasteiger partial charge is 0.495 e. The molecule has 0 aliphatic carbocycles. The van der Waals surface area contributed by atoms with Crippen molar-refractivity contribution in [1.29, 1.82) is 0 Å². The number of imidazole rings is 1. The molecule has 2 aliphatic rings. The van der Waals surface area contributed by atoms with Gasteiger partial charge in [-0.2, -0.15) is 0 Å². The molecule has 1 saturated heterocycles. The standard InChI is InChI=1S/C28H29F3N4O4/c1-17-14-34(16-32-17)23-6-5-18(11-24(23)37-2)10-19-4-3-7-35-27(20-12-21(29)26(31)22(30)13-20)25(15-38-9-8-36)39-33-28(19)35/h5-6,10-14,16,25,27,36H,3-4,7-9,15H2,1-2H3/b19-10+/t25?,27-/m0/s1. The molecular formula is C28H29F3N4O4. The van der Waals surface area contributed by atoms with Crippen LogP contribution in [-0.2, 0) is 9.57 Å². The van der Waals surface area contributed by atoms with Gasteiger partial charge in [0.2, 0.25) is 0 Å². The highest BCUT2D eigenvalue weighted by Gasteiger charge is 2.40. The lowest BCUT2D eigenvalue weighted by Gasteiger charge is -2.44. The molecule has 5 rings (SSSR count). The third kappa shape index (κ3) is 5.50. The number of methoxy groups -OCH3 is 1. The fraction of sp³-hybridized carbons (Fsp3) is 0.357. The highest BCUT2D eigenvalue weighted by molar-refractivity contribution is 6.03. The Morgan fingerprint density at radius 2 is 1.97 bits per heavy atom. The monoisotopic (exact) mass is 542 g/mol. The van der Waals surface area contributed by atoms with Gasteiger partial charge in [-0.25, -0.2) is 18.2 Å². The fourth-order valence-electron chi connectivity index (χ4n) is 5.01. The Bertz CT molecular complexity index is 1380. The van der Waals surface area contributed by atoms with Gasteiger partial charge in [0, 0.05) is 12.7 Å². The zero-order valence-electron chi connectivity index (χ0n) is 21.6. The first-order valence-electron chi connectivity index (χ1n) is 12.6. The van der Waals surface area contributed by atoms with E-state index in [9.17, 15) is 13.2 Å². The second-order valence-electron chi connectivity index (χ2n) is 9.42. The lowest BCUT2D eigenvalue weighted by atomic mass is 9.93. The Morgan fingerprint density at radius 1 is 1.18 bits per heavy atom. The van der Waals surface area contributed by atoms with E-state index in [-0.39, 0.29) is 25.4 Å². The minimum atomic E-state index is -1.53. The van der Waals surface area contributed by atoms with Crippen LogP contribution in [0.25, 0.3) is 11.8 Å². The number of nitrogens with zero attached hydrogens (tertiary/aromatic N) is 4. The molecular weight excluding hydrogens is 513 g/mol.